The van der Waals surface area contributed by atoms with Crippen LogP contribution in [-0.4, -0.2) is 49.5 Å². The molecule has 1 aliphatic heterocycles. The van der Waals surface area contributed by atoms with Crippen molar-refractivity contribution in [3.05, 3.63) is 12.1 Å². The van der Waals surface area contributed by atoms with E-state index in [1.807, 2.05) is 12.1 Å². The minimum Gasteiger partial charge on any atom is -0.366 e. The van der Waals surface area contributed by atoms with Crippen molar-refractivity contribution in [2.24, 2.45) is 0 Å². The Bertz CT molecular complexity index is 589. The van der Waals surface area contributed by atoms with Crippen molar-refractivity contribution in [1.29, 1.82) is 0 Å². The Labute approximate surface area is 111 Å². The minimum atomic E-state index is -0.209. The van der Waals surface area contributed by atoms with Gasteiger partial charge in [-0.05, 0) is 50.3 Å². The fraction of sp³-hybridized carbons (Fsp3) is 0.667. The predicted molar refractivity (Wildman–Crippen MR) is 70.0 cm³/mol. The Morgan fingerprint density at radius 2 is 1.79 bits per heavy atom. The van der Waals surface area contributed by atoms with Crippen LogP contribution in [0.4, 0.5) is 5.82 Å². The lowest BCUT2D eigenvalue weighted by Crippen LogP contribution is -2.57. The van der Waals surface area contributed by atoms with Gasteiger partial charge in [-0.25, -0.2) is 0 Å². The standard InChI is InChI=1S/C12H18N6O/c1-11(2)7-17(8-12(3,4)19-11)10-6-5-9-13-15-16-18(9)14-10/h5-6H,7-8H2,1-4H3. The first-order chi connectivity index (χ1) is 8.85. The van der Waals surface area contributed by atoms with Gasteiger partial charge in [0.25, 0.3) is 0 Å². The molecular weight excluding hydrogens is 244 g/mol. The monoisotopic (exact) mass is 262 g/mol. The maximum absolute atomic E-state index is 6.07. The van der Waals surface area contributed by atoms with Crippen LogP contribution < -0.4 is 4.90 Å². The van der Waals surface area contributed by atoms with E-state index in [2.05, 4.69) is 53.2 Å². The highest BCUT2D eigenvalue weighted by molar-refractivity contribution is 5.45. The van der Waals surface area contributed by atoms with E-state index >= 15 is 0 Å². The maximum Gasteiger partial charge on any atom is 0.200 e. The van der Waals surface area contributed by atoms with Crippen LogP contribution in [0, 0.1) is 0 Å². The first kappa shape index (κ1) is 12.3. The molecule has 1 aliphatic rings. The highest BCUT2D eigenvalue weighted by Crippen LogP contribution is 2.30. The van der Waals surface area contributed by atoms with E-state index < -0.39 is 0 Å². The average Bonchev–Trinajstić information content (AvgIpc) is 2.71. The van der Waals surface area contributed by atoms with Crippen molar-refractivity contribution in [2.45, 2.75) is 38.9 Å². The molecule has 0 saturated carbocycles. The van der Waals surface area contributed by atoms with Crippen LogP contribution in [0.2, 0.25) is 0 Å². The fourth-order valence-corrected chi connectivity index (χ4v) is 2.76. The van der Waals surface area contributed by atoms with Gasteiger partial charge in [-0.15, -0.1) is 14.8 Å². The van der Waals surface area contributed by atoms with Crippen molar-refractivity contribution >= 4 is 11.5 Å². The van der Waals surface area contributed by atoms with Crippen LogP contribution in [0.3, 0.4) is 0 Å². The third-order valence-electron chi connectivity index (χ3n) is 3.08. The molecule has 7 nitrogen and oxygen atoms in total. The van der Waals surface area contributed by atoms with Crippen LogP contribution in [0.25, 0.3) is 5.65 Å². The number of fused-ring (bicyclic) bond motifs is 1. The lowest BCUT2D eigenvalue weighted by atomic mass is 9.99. The van der Waals surface area contributed by atoms with Gasteiger partial charge < -0.3 is 9.64 Å². The summed E-state index contributed by atoms with van der Waals surface area (Å²) >= 11 is 0. The maximum atomic E-state index is 6.07. The molecule has 1 fully saturated rings. The van der Waals surface area contributed by atoms with Crippen LogP contribution in [0.15, 0.2) is 12.1 Å². The fourth-order valence-electron chi connectivity index (χ4n) is 2.76. The first-order valence-electron chi connectivity index (χ1n) is 6.35. The molecule has 3 rings (SSSR count). The summed E-state index contributed by atoms with van der Waals surface area (Å²) in [6.07, 6.45) is 0. The Balaban J connectivity index is 1.96. The highest BCUT2D eigenvalue weighted by atomic mass is 16.5. The summed E-state index contributed by atoms with van der Waals surface area (Å²) in [5.41, 5.74) is 0.230. The van der Waals surface area contributed by atoms with E-state index in [0.717, 1.165) is 18.9 Å². The number of rotatable bonds is 1. The van der Waals surface area contributed by atoms with Crippen LogP contribution in [0.1, 0.15) is 27.7 Å². The SMILES string of the molecule is CC1(C)CN(c2ccc3nnnn3n2)CC(C)(C)O1. The van der Waals surface area contributed by atoms with Crippen molar-refractivity contribution in [1.82, 2.24) is 25.3 Å². The summed E-state index contributed by atoms with van der Waals surface area (Å²) in [4.78, 5) is 2.21. The number of nitrogens with zero attached hydrogens (tertiary/aromatic N) is 6. The second-order valence-corrected chi connectivity index (χ2v) is 6.20. The number of aromatic nitrogens is 5. The van der Waals surface area contributed by atoms with Crippen molar-refractivity contribution in [3.8, 4) is 0 Å². The topological polar surface area (TPSA) is 68.4 Å². The largest absolute Gasteiger partial charge is 0.366 e. The zero-order valence-electron chi connectivity index (χ0n) is 11.7. The van der Waals surface area contributed by atoms with E-state index in [4.69, 9.17) is 4.74 Å². The second kappa shape index (κ2) is 3.86. The minimum absolute atomic E-state index is 0.209. The van der Waals surface area contributed by atoms with Gasteiger partial charge in [0, 0.05) is 13.1 Å². The van der Waals surface area contributed by atoms with Crippen LogP contribution in [0.5, 0.6) is 0 Å². The highest BCUT2D eigenvalue weighted by Gasteiger charge is 2.38. The normalized spacial score (nSPS) is 21.8. The summed E-state index contributed by atoms with van der Waals surface area (Å²) in [6, 6.07) is 3.82. The number of hydrogen-bond donors (Lipinski definition) is 0. The third-order valence-corrected chi connectivity index (χ3v) is 3.08. The number of tetrazole rings is 1. The molecule has 0 bridgehead atoms. The van der Waals surface area contributed by atoms with Crippen LogP contribution in [-0.2, 0) is 4.74 Å². The zero-order chi connectivity index (χ0) is 13.7. The molecule has 0 unspecified atom stereocenters. The molecule has 2 aromatic heterocycles. The zero-order valence-corrected chi connectivity index (χ0v) is 11.7. The molecule has 0 atom stereocenters. The summed E-state index contributed by atoms with van der Waals surface area (Å²) in [6.45, 7) is 9.95. The summed E-state index contributed by atoms with van der Waals surface area (Å²) in [5.74, 6) is 0.865. The first-order valence-corrected chi connectivity index (χ1v) is 6.35. The van der Waals surface area contributed by atoms with Gasteiger partial charge in [0.1, 0.15) is 0 Å². The molecule has 3 heterocycles. The number of hydrogen-bond acceptors (Lipinski definition) is 6. The average molecular weight is 262 g/mol. The van der Waals surface area contributed by atoms with Crippen molar-refractivity contribution in [2.75, 3.05) is 18.0 Å². The second-order valence-electron chi connectivity index (χ2n) is 6.20. The predicted octanol–water partition coefficient (Wildman–Crippen LogP) is 0.913. The smallest absolute Gasteiger partial charge is 0.200 e. The Kier molecular flexibility index (Phi) is 2.50. The van der Waals surface area contributed by atoms with Gasteiger partial charge in [0.05, 0.1) is 11.2 Å². The lowest BCUT2D eigenvalue weighted by Gasteiger charge is -2.47. The van der Waals surface area contributed by atoms with E-state index in [1.165, 1.54) is 4.63 Å². The molecule has 0 spiro atoms. The number of anilines is 1. The van der Waals surface area contributed by atoms with Gasteiger partial charge in [-0.2, -0.15) is 0 Å². The van der Waals surface area contributed by atoms with Gasteiger partial charge in [-0.3, -0.25) is 0 Å². The van der Waals surface area contributed by atoms with E-state index in [1.54, 1.807) is 0 Å². The number of ether oxygens (including phenoxy) is 1. The molecule has 0 radical (unpaired) electrons. The quantitative estimate of drug-likeness (QED) is 0.761. The third kappa shape index (κ3) is 2.37. The molecule has 0 amide bonds. The summed E-state index contributed by atoms with van der Waals surface area (Å²) < 4.78 is 7.52. The van der Waals surface area contributed by atoms with E-state index in [9.17, 15) is 0 Å². The summed E-state index contributed by atoms with van der Waals surface area (Å²) in [7, 11) is 0. The molecule has 7 heteroatoms. The molecule has 0 N–H and O–H groups in total. The molecule has 0 aliphatic carbocycles. The molecule has 19 heavy (non-hydrogen) atoms. The number of morpholine rings is 1. The van der Waals surface area contributed by atoms with E-state index in [0.29, 0.717) is 5.65 Å². The molecule has 102 valence electrons. The van der Waals surface area contributed by atoms with E-state index in [-0.39, 0.29) is 11.2 Å². The Morgan fingerprint density at radius 1 is 1.11 bits per heavy atom. The van der Waals surface area contributed by atoms with Crippen molar-refractivity contribution < 1.29 is 4.74 Å². The molecule has 1 saturated heterocycles. The Hall–Kier alpha value is -1.76. The van der Waals surface area contributed by atoms with Gasteiger partial charge in [0.2, 0.25) is 0 Å². The molecule has 0 aromatic carbocycles. The van der Waals surface area contributed by atoms with Gasteiger partial charge in [-0.1, -0.05) is 0 Å². The van der Waals surface area contributed by atoms with Gasteiger partial charge in [0.15, 0.2) is 11.5 Å². The van der Waals surface area contributed by atoms with Crippen LogP contribution >= 0.6 is 0 Å². The molecule has 2 aromatic rings. The van der Waals surface area contributed by atoms with Crippen molar-refractivity contribution in [3.63, 3.8) is 0 Å². The molecular formula is C12H18N6O. The summed E-state index contributed by atoms with van der Waals surface area (Å²) in [5, 5.41) is 15.7. The Morgan fingerprint density at radius 3 is 2.47 bits per heavy atom. The van der Waals surface area contributed by atoms with Gasteiger partial charge >= 0.3 is 0 Å². The lowest BCUT2D eigenvalue weighted by molar-refractivity contribution is -0.133.